The first-order valence-electron chi connectivity index (χ1n) is 8.22. The largest absolute Gasteiger partial charge is 0.345 e. The number of aromatic nitrogens is 2. The number of halogens is 1. The number of anilines is 2. The van der Waals surface area contributed by atoms with Gasteiger partial charge in [0.15, 0.2) is 4.34 Å². The molecule has 0 aliphatic rings. The van der Waals surface area contributed by atoms with Crippen LogP contribution < -0.4 is 5.32 Å². The van der Waals surface area contributed by atoms with E-state index in [0.29, 0.717) is 5.56 Å². The molecule has 1 N–H and O–H groups in total. The van der Waals surface area contributed by atoms with E-state index in [2.05, 4.69) is 15.5 Å². The molecular formula is C19H19ClN4OS2. The molecule has 27 heavy (non-hydrogen) atoms. The molecule has 0 fully saturated rings. The normalized spacial score (nSPS) is 10.7. The third kappa shape index (κ3) is 5.22. The molecule has 1 aromatic heterocycles. The number of carbonyl (C=O) groups is 1. The maximum atomic E-state index is 11.9. The van der Waals surface area contributed by atoms with Crippen molar-refractivity contribution in [1.29, 1.82) is 0 Å². The van der Waals surface area contributed by atoms with Crippen molar-refractivity contribution in [3.63, 3.8) is 0 Å². The van der Waals surface area contributed by atoms with Gasteiger partial charge in [-0.3, -0.25) is 4.79 Å². The Morgan fingerprint density at radius 3 is 2.59 bits per heavy atom. The molecule has 2 aromatic carbocycles. The minimum absolute atomic E-state index is 0.00486. The number of amides is 1. The van der Waals surface area contributed by atoms with Gasteiger partial charge in [-0.15, -0.1) is 10.2 Å². The van der Waals surface area contributed by atoms with Gasteiger partial charge in [0, 0.05) is 36.1 Å². The Labute approximate surface area is 171 Å². The summed E-state index contributed by atoms with van der Waals surface area (Å²) in [6, 6.07) is 13.5. The second-order valence-electron chi connectivity index (χ2n) is 6.15. The first kappa shape index (κ1) is 19.7. The van der Waals surface area contributed by atoms with Crippen LogP contribution in [0.15, 0.2) is 46.8 Å². The molecule has 3 rings (SSSR count). The molecule has 0 aliphatic heterocycles. The van der Waals surface area contributed by atoms with Crippen molar-refractivity contribution in [2.45, 2.75) is 17.0 Å². The fourth-order valence-electron chi connectivity index (χ4n) is 2.26. The lowest BCUT2D eigenvalue weighted by Crippen LogP contribution is -2.21. The molecule has 0 saturated heterocycles. The van der Waals surface area contributed by atoms with E-state index in [-0.39, 0.29) is 5.91 Å². The fourth-order valence-corrected chi connectivity index (χ4v) is 4.17. The predicted molar refractivity (Wildman–Crippen MR) is 113 cm³/mol. The fraction of sp³-hybridized carbons (Fsp3) is 0.211. The topological polar surface area (TPSA) is 58.1 Å². The summed E-state index contributed by atoms with van der Waals surface area (Å²) in [4.78, 5) is 13.5. The average molecular weight is 419 g/mol. The van der Waals surface area contributed by atoms with Crippen molar-refractivity contribution in [3.8, 4) is 0 Å². The Morgan fingerprint density at radius 1 is 1.19 bits per heavy atom. The van der Waals surface area contributed by atoms with E-state index >= 15 is 0 Å². The molecule has 0 atom stereocenters. The van der Waals surface area contributed by atoms with Crippen LogP contribution in [-0.4, -0.2) is 35.1 Å². The monoisotopic (exact) mass is 418 g/mol. The van der Waals surface area contributed by atoms with E-state index in [1.165, 1.54) is 11.3 Å². The van der Waals surface area contributed by atoms with Crippen LogP contribution in [0.2, 0.25) is 5.02 Å². The molecule has 0 unspecified atom stereocenters. The standard InChI is InChI=1S/C19H19ClN4OS2/c1-12-4-9-15(10-16(12)20)21-18-22-23-19(27-18)26-11-13-5-7-14(8-6-13)17(25)24(2)3/h4-10H,11H2,1-3H3,(H,21,22). The molecule has 0 radical (unpaired) electrons. The zero-order valence-corrected chi connectivity index (χ0v) is 17.6. The van der Waals surface area contributed by atoms with Crippen LogP contribution in [0.3, 0.4) is 0 Å². The third-order valence-corrected chi connectivity index (χ3v) is 6.25. The van der Waals surface area contributed by atoms with Crippen molar-refractivity contribution in [1.82, 2.24) is 15.1 Å². The maximum Gasteiger partial charge on any atom is 0.253 e. The Hall–Kier alpha value is -2.09. The van der Waals surface area contributed by atoms with Crippen LogP contribution in [0.5, 0.6) is 0 Å². The van der Waals surface area contributed by atoms with Gasteiger partial charge < -0.3 is 10.2 Å². The lowest BCUT2D eigenvalue weighted by Gasteiger charge is -2.10. The molecule has 140 valence electrons. The zero-order valence-electron chi connectivity index (χ0n) is 15.2. The molecule has 3 aromatic rings. The lowest BCUT2D eigenvalue weighted by atomic mass is 10.1. The van der Waals surface area contributed by atoms with Crippen LogP contribution in [0.25, 0.3) is 0 Å². The molecule has 1 heterocycles. The summed E-state index contributed by atoms with van der Waals surface area (Å²) >= 11 is 9.26. The van der Waals surface area contributed by atoms with Crippen molar-refractivity contribution in [2.75, 3.05) is 19.4 Å². The highest BCUT2D eigenvalue weighted by atomic mass is 35.5. The Kier molecular flexibility index (Phi) is 6.36. The van der Waals surface area contributed by atoms with Gasteiger partial charge >= 0.3 is 0 Å². The van der Waals surface area contributed by atoms with Gasteiger partial charge in [0.05, 0.1) is 0 Å². The number of nitrogens with zero attached hydrogens (tertiary/aromatic N) is 3. The summed E-state index contributed by atoms with van der Waals surface area (Å²) in [6.45, 7) is 1.97. The maximum absolute atomic E-state index is 11.9. The first-order chi connectivity index (χ1) is 12.9. The predicted octanol–water partition coefficient (Wildman–Crippen LogP) is 5.24. The number of carbonyl (C=O) groups excluding carboxylic acids is 1. The second-order valence-corrected chi connectivity index (χ2v) is 8.75. The number of hydrogen-bond donors (Lipinski definition) is 1. The SMILES string of the molecule is Cc1ccc(Nc2nnc(SCc3ccc(C(=O)N(C)C)cc3)s2)cc1Cl. The van der Waals surface area contributed by atoms with Crippen LogP contribution >= 0.6 is 34.7 Å². The first-order valence-corrected chi connectivity index (χ1v) is 10.4. The highest BCUT2D eigenvalue weighted by Crippen LogP contribution is 2.31. The summed E-state index contributed by atoms with van der Waals surface area (Å²) in [5.41, 5.74) is 3.74. The van der Waals surface area contributed by atoms with E-state index in [9.17, 15) is 4.79 Å². The van der Waals surface area contributed by atoms with Gasteiger partial charge in [-0.2, -0.15) is 0 Å². The van der Waals surface area contributed by atoms with Crippen molar-refractivity contribution in [2.24, 2.45) is 0 Å². The molecule has 0 bridgehead atoms. The lowest BCUT2D eigenvalue weighted by molar-refractivity contribution is 0.0827. The highest BCUT2D eigenvalue weighted by Gasteiger charge is 2.09. The molecular weight excluding hydrogens is 400 g/mol. The van der Waals surface area contributed by atoms with Crippen LogP contribution in [0.4, 0.5) is 10.8 Å². The minimum atomic E-state index is 0.00486. The Morgan fingerprint density at radius 2 is 1.93 bits per heavy atom. The number of rotatable bonds is 6. The smallest absolute Gasteiger partial charge is 0.253 e. The Bertz CT molecular complexity index is 941. The number of nitrogens with one attached hydrogen (secondary N) is 1. The van der Waals surface area contributed by atoms with Crippen molar-refractivity contribution >= 4 is 51.4 Å². The van der Waals surface area contributed by atoms with Gasteiger partial charge in [0.1, 0.15) is 0 Å². The van der Waals surface area contributed by atoms with E-state index in [4.69, 9.17) is 11.6 Å². The van der Waals surface area contributed by atoms with Crippen LogP contribution in [0.1, 0.15) is 21.5 Å². The summed E-state index contributed by atoms with van der Waals surface area (Å²) in [5.74, 6) is 0.770. The van der Waals surface area contributed by atoms with Crippen LogP contribution in [-0.2, 0) is 5.75 Å². The molecule has 0 aliphatic carbocycles. The van der Waals surface area contributed by atoms with Gasteiger partial charge in [-0.25, -0.2) is 0 Å². The van der Waals surface area contributed by atoms with Gasteiger partial charge in [0.25, 0.3) is 5.91 Å². The number of thioether (sulfide) groups is 1. The van der Waals surface area contributed by atoms with E-state index in [0.717, 1.165) is 37.1 Å². The van der Waals surface area contributed by atoms with Crippen molar-refractivity contribution < 1.29 is 4.79 Å². The van der Waals surface area contributed by atoms with Crippen LogP contribution in [0, 0.1) is 6.92 Å². The molecule has 0 saturated carbocycles. The van der Waals surface area contributed by atoms with Gasteiger partial charge in [-0.05, 0) is 42.3 Å². The van der Waals surface area contributed by atoms with Gasteiger partial charge in [-0.1, -0.05) is 52.9 Å². The summed E-state index contributed by atoms with van der Waals surface area (Å²) in [6.07, 6.45) is 0. The van der Waals surface area contributed by atoms with E-state index in [1.54, 1.807) is 30.8 Å². The summed E-state index contributed by atoms with van der Waals surface area (Å²) in [5, 5.41) is 13.1. The molecule has 1 amide bonds. The van der Waals surface area contributed by atoms with E-state index < -0.39 is 0 Å². The summed E-state index contributed by atoms with van der Waals surface area (Å²) in [7, 11) is 3.50. The summed E-state index contributed by atoms with van der Waals surface area (Å²) < 4.78 is 0.879. The quantitative estimate of drug-likeness (QED) is 0.555. The highest BCUT2D eigenvalue weighted by molar-refractivity contribution is 8.00. The number of hydrogen-bond acceptors (Lipinski definition) is 6. The zero-order chi connectivity index (χ0) is 19.4. The number of aryl methyl sites for hydroxylation is 1. The number of benzene rings is 2. The Balaban J connectivity index is 1.58. The minimum Gasteiger partial charge on any atom is -0.345 e. The second kappa shape index (κ2) is 8.73. The molecule has 0 spiro atoms. The van der Waals surface area contributed by atoms with Gasteiger partial charge in [0.2, 0.25) is 5.13 Å². The third-order valence-electron chi connectivity index (χ3n) is 3.80. The molecule has 8 heteroatoms. The van der Waals surface area contributed by atoms with Crippen molar-refractivity contribution in [3.05, 3.63) is 64.2 Å². The average Bonchev–Trinajstić information content (AvgIpc) is 3.10. The van der Waals surface area contributed by atoms with E-state index in [1.807, 2.05) is 49.4 Å². The molecule has 5 nitrogen and oxygen atoms in total.